The molecule has 2 fully saturated rings. The highest BCUT2D eigenvalue weighted by Crippen LogP contribution is 2.43. The molecular formula is C19H23N7O. The van der Waals surface area contributed by atoms with E-state index in [0.717, 1.165) is 66.5 Å². The molecule has 8 heteroatoms. The van der Waals surface area contributed by atoms with E-state index < -0.39 is 0 Å². The van der Waals surface area contributed by atoms with E-state index in [2.05, 4.69) is 20.7 Å². The molecule has 1 atom stereocenters. The van der Waals surface area contributed by atoms with Crippen LogP contribution in [0.4, 0.5) is 5.82 Å². The predicted molar refractivity (Wildman–Crippen MR) is 102 cm³/mol. The molecule has 0 aromatic carbocycles. The lowest BCUT2D eigenvalue weighted by Crippen LogP contribution is -2.38. The van der Waals surface area contributed by atoms with Crippen LogP contribution in [0.25, 0.3) is 16.9 Å². The van der Waals surface area contributed by atoms with Crippen LogP contribution in [0.5, 0.6) is 5.75 Å². The Kier molecular flexibility index (Phi) is 4.12. The summed E-state index contributed by atoms with van der Waals surface area (Å²) in [5.41, 5.74) is 3.47. The summed E-state index contributed by atoms with van der Waals surface area (Å²) in [6.07, 6.45) is 11.9. The molecule has 2 N–H and O–H groups in total. The van der Waals surface area contributed by atoms with Gasteiger partial charge in [-0.05, 0) is 32.2 Å². The first-order valence-electron chi connectivity index (χ1n) is 9.54. The zero-order valence-electron chi connectivity index (χ0n) is 15.4. The molecule has 1 saturated carbocycles. The monoisotopic (exact) mass is 365 g/mol. The molecule has 8 nitrogen and oxygen atoms in total. The lowest BCUT2D eigenvalue weighted by atomic mass is 10.1. The Bertz CT molecular complexity index is 960. The summed E-state index contributed by atoms with van der Waals surface area (Å²) in [7, 11) is 1.68. The number of nitrogens with one attached hydrogen (secondary N) is 2. The Labute approximate surface area is 157 Å². The van der Waals surface area contributed by atoms with Crippen molar-refractivity contribution in [1.29, 1.82) is 0 Å². The van der Waals surface area contributed by atoms with Gasteiger partial charge in [0, 0.05) is 18.5 Å². The zero-order chi connectivity index (χ0) is 18.2. The van der Waals surface area contributed by atoms with Gasteiger partial charge < -0.3 is 15.4 Å². The molecule has 140 valence electrons. The molecule has 1 aliphatic carbocycles. The number of hydrogen-bond donors (Lipinski definition) is 2. The van der Waals surface area contributed by atoms with Crippen molar-refractivity contribution in [3.63, 3.8) is 0 Å². The van der Waals surface area contributed by atoms with Gasteiger partial charge in [-0.3, -0.25) is 4.98 Å². The summed E-state index contributed by atoms with van der Waals surface area (Å²) in [4.78, 5) is 14.0. The molecule has 0 amide bonds. The Balaban J connectivity index is 1.49. The third kappa shape index (κ3) is 3.21. The summed E-state index contributed by atoms with van der Waals surface area (Å²) >= 11 is 0. The number of anilines is 1. The van der Waals surface area contributed by atoms with Crippen molar-refractivity contribution in [2.75, 3.05) is 25.5 Å². The molecule has 0 unspecified atom stereocenters. The van der Waals surface area contributed by atoms with E-state index in [4.69, 9.17) is 14.7 Å². The van der Waals surface area contributed by atoms with Gasteiger partial charge in [0.2, 0.25) is 0 Å². The summed E-state index contributed by atoms with van der Waals surface area (Å²) < 4.78 is 7.26. The van der Waals surface area contributed by atoms with Crippen LogP contribution in [0.2, 0.25) is 0 Å². The van der Waals surface area contributed by atoms with Gasteiger partial charge in [-0.2, -0.15) is 5.10 Å². The highest BCUT2D eigenvalue weighted by atomic mass is 16.5. The van der Waals surface area contributed by atoms with Crippen molar-refractivity contribution in [3.8, 4) is 17.0 Å². The Morgan fingerprint density at radius 1 is 1.19 bits per heavy atom. The van der Waals surface area contributed by atoms with Gasteiger partial charge in [0.05, 0.1) is 48.8 Å². The van der Waals surface area contributed by atoms with Crippen LogP contribution >= 0.6 is 0 Å². The van der Waals surface area contributed by atoms with Crippen LogP contribution < -0.4 is 15.4 Å². The van der Waals surface area contributed by atoms with Crippen molar-refractivity contribution in [1.82, 2.24) is 29.9 Å². The quantitative estimate of drug-likeness (QED) is 0.717. The normalized spacial score (nSPS) is 20.0. The summed E-state index contributed by atoms with van der Waals surface area (Å²) in [6.45, 7) is 2.04. The van der Waals surface area contributed by atoms with Gasteiger partial charge in [0.1, 0.15) is 5.82 Å². The minimum Gasteiger partial charge on any atom is -0.493 e. The van der Waals surface area contributed by atoms with Crippen LogP contribution in [-0.2, 0) is 0 Å². The van der Waals surface area contributed by atoms with E-state index in [0.29, 0.717) is 12.0 Å². The highest BCUT2D eigenvalue weighted by Gasteiger charge is 2.29. The minimum absolute atomic E-state index is 0.385. The smallest absolute Gasteiger partial charge is 0.164 e. The number of fused-ring (bicyclic) bond motifs is 1. The average Bonchev–Trinajstić information content (AvgIpc) is 3.47. The average molecular weight is 365 g/mol. The second kappa shape index (κ2) is 6.77. The van der Waals surface area contributed by atoms with E-state index in [-0.39, 0.29) is 0 Å². The molecule has 1 aliphatic heterocycles. The molecule has 0 radical (unpaired) electrons. The maximum absolute atomic E-state index is 5.51. The van der Waals surface area contributed by atoms with Crippen molar-refractivity contribution < 1.29 is 4.74 Å². The standard InChI is InChI=1S/C19H23N7O/c1-27-16-11-26-19(25-18(16)12-4-5-12)14(8-22-26)15-9-21-10-17(24-15)23-13-3-2-6-20-7-13/h8-13,20H,2-7H2,1H3,(H,23,24)/t13-/m1/s1. The van der Waals surface area contributed by atoms with Crippen LogP contribution in [0.1, 0.15) is 37.3 Å². The van der Waals surface area contributed by atoms with Crippen molar-refractivity contribution in [2.45, 2.75) is 37.6 Å². The van der Waals surface area contributed by atoms with Crippen LogP contribution in [0, 0.1) is 0 Å². The molecule has 0 spiro atoms. The molecule has 3 aromatic heterocycles. The van der Waals surface area contributed by atoms with Gasteiger partial charge >= 0.3 is 0 Å². The number of methoxy groups -OCH3 is 1. The number of hydrogen-bond acceptors (Lipinski definition) is 7. The van der Waals surface area contributed by atoms with Gasteiger partial charge in [0.15, 0.2) is 11.4 Å². The highest BCUT2D eigenvalue weighted by molar-refractivity contribution is 5.75. The van der Waals surface area contributed by atoms with E-state index in [1.54, 1.807) is 30.2 Å². The lowest BCUT2D eigenvalue weighted by Gasteiger charge is -2.24. The maximum Gasteiger partial charge on any atom is 0.164 e. The topological polar surface area (TPSA) is 89.3 Å². The summed E-state index contributed by atoms with van der Waals surface area (Å²) in [5, 5.41) is 11.3. The zero-order valence-corrected chi connectivity index (χ0v) is 15.4. The van der Waals surface area contributed by atoms with Gasteiger partial charge in [-0.1, -0.05) is 0 Å². The van der Waals surface area contributed by atoms with Crippen LogP contribution in [0.3, 0.4) is 0 Å². The summed E-state index contributed by atoms with van der Waals surface area (Å²) in [6, 6.07) is 0.385. The number of ether oxygens (including phenoxy) is 1. The number of nitrogens with zero attached hydrogens (tertiary/aromatic N) is 5. The predicted octanol–water partition coefficient (Wildman–Crippen LogP) is 2.24. The Morgan fingerprint density at radius 3 is 2.89 bits per heavy atom. The van der Waals surface area contributed by atoms with Crippen molar-refractivity contribution in [3.05, 3.63) is 30.5 Å². The van der Waals surface area contributed by atoms with E-state index >= 15 is 0 Å². The minimum atomic E-state index is 0.385. The second-order valence-corrected chi connectivity index (χ2v) is 7.27. The first-order valence-corrected chi connectivity index (χ1v) is 9.54. The van der Waals surface area contributed by atoms with Crippen molar-refractivity contribution in [2.24, 2.45) is 0 Å². The fourth-order valence-corrected chi connectivity index (χ4v) is 3.64. The van der Waals surface area contributed by atoms with Gasteiger partial charge in [-0.15, -0.1) is 0 Å². The first-order chi connectivity index (χ1) is 13.3. The van der Waals surface area contributed by atoms with Crippen molar-refractivity contribution >= 4 is 11.5 Å². The van der Waals surface area contributed by atoms with Crippen LogP contribution in [0.15, 0.2) is 24.8 Å². The molecule has 0 bridgehead atoms. The number of rotatable bonds is 5. The molecule has 3 aromatic rings. The number of piperidine rings is 1. The summed E-state index contributed by atoms with van der Waals surface area (Å²) in [5.74, 6) is 2.08. The largest absolute Gasteiger partial charge is 0.493 e. The SMILES string of the molecule is COc1cn2ncc(-c3cncc(N[C@@H]4CCCNC4)n3)c2nc1C1CC1. The maximum atomic E-state index is 5.51. The van der Waals surface area contributed by atoms with Gasteiger partial charge in [-0.25, -0.2) is 14.5 Å². The number of aromatic nitrogens is 5. The van der Waals surface area contributed by atoms with E-state index in [1.807, 2.05) is 6.20 Å². The second-order valence-electron chi connectivity index (χ2n) is 7.27. The lowest BCUT2D eigenvalue weighted by molar-refractivity contribution is 0.403. The van der Waals surface area contributed by atoms with E-state index in [1.165, 1.54) is 6.42 Å². The Hall–Kier alpha value is -2.74. The van der Waals surface area contributed by atoms with E-state index in [9.17, 15) is 0 Å². The molecule has 2 aliphatic rings. The first kappa shape index (κ1) is 16.4. The molecule has 5 rings (SSSR count). The van der Waals surface area contributed by atoms with Gasteiger partial charge in [0.25, 0.3) is 0 Å². The molecule has 4 heterocycles. The van der Waals surface area contributed by atoms with Crippen LogP contribution in [-0.4, -0.2) is 50.8 Å². The molecule has 27 heavy (non-hydrogen) atoms. The Morgan fingerprint density at radius 2 is 2.11 bits per heavy atom. The molecular weight excluding hydrogens is 342 g/mol. The fraction of sp³-hybridized carbons (Fsp3) is 0.474. The third-order valence-corrected chi connectivity index (χ3v) is 5.23. The third-order valence-electron chi connectivity index (χ3n) is 5.23. The molecule has 1 saturated heterocycles. The fourth-order valence-electron chi connectivity index (χ4n) is 3.64.